The van der Waals surface area contributed by atoms with Gasteiger partial charge in [0, 0.05) is 5.69 Å². The number of hydrogen-bond donors (Lipinski definition) is 1. The molecule has 1 saturated heterocycles. The molecule has 1 N–H and O–H groups in total. The molecule has 4 rings (SSSR count). The van der Waals surface area contributed by atoms with E-state index in [-0.39, 0.29) is 23.5 Å². The van der Waals surface area contributed by atoms with Crippen LogP contribution in [0.5, 0.6) is 0 Å². The van der Waals surface area contributed by atoms with Gasteiger partial charge in [-0.3, -0.25) is 14.3 Å². The summed E-state index contributed by atoms with van der Waals surface area (Å²) in [6, 6.07) is 8.64. The Morgan fingerprint density at radius 3 is 2.48 bits per heavy atom. The number of nitriles is 1. The number of amides is 1. The maximum Gasteiger partial charge on any atom is 0.231 e. The number of nitrogens with zero attached hydrogens (tertiary/aromatic N) is 5. The second-order valence-electron chi connectivity index (χ2n) is 9.02. The summed E-state index contributed by atoms with van der Waals surface area (Å²) in [4.78, 5) is 15.1. The summed E-state index contributed by atoms with van der Waals surface area (Å²) in [5, 5.41) is 22.1. The Kier molecular flexibility index (Phi) is 7.66. The van der Waals surface area contributed by atoms with E-state index in [1.807, 2.05) is 4.57 Å². The fraction of sp³-hybridized carbons (Fsp3) is 0.583. The lowest BCUT2D eigenvalue weighted by Crippen LogP contribution is -2.49. The number of benzene rings is 1. The van der Waals surface area contributed by atoms with Gasteiger partial charge < -0.3 is 5.32 Å². The van der Waals surface area contributed by atoms with Crippen molar-refractivity contribution in [2.75, 3.05) is 18.8 Å². The van der Waals surface area contributed by atoms with E-state index in [1.165, 1.54) is 30.3 Å². The summed E-state index contributed by atoms with van der Waals surface area (Å²) in [5.41, 5.74) is 0.0120. The molecule has 1 aromatic carbocycles. The normalized spacial score (nSPS) is 19.5. The van der Waals surface area contributed by atoms with Crippen molar-refractivity contribution in [3.63, 3.8) is 0 Å². The fourth-order valence-corrected chi connectivity index (χ4v) is 5.56. The third-order valence-corrected chi connectivity index (χ3v) is 7.62. The van der Waals surface area contributed by atoms with Crippen LogP contribution in [0.25, 0.3) is 5.69 Å². The minimum atomic E-state index is -0.755. The highest BCUT2D eigenvalue weighted by Crippen LogP contribution is 2.30. The van der Waals surface area contributed by atoms with Crippen LogP contribution in [0.1, 0.15) is 70.2 Å². The van der Waals surface area contributed by atoms with E-state index >= 15 is 0 Å². The van der Waals surface area contributed by atoms with E-state index in [2.05, 4.69) is 33.4 Å². The van der Waals surface area contributed by atoms with Gasteiger partial charge >= 0.3 is 0 Å². The molecular formula is C24H31FN6OS. The van der Waals surface area contributed by atoms with Crippen molar-refractivity contribution in [3.8, 4) is 11.8 Å². The molecule has 33 heavy (non-hydrogen) atoms. The van der Waals surface area contributed by atoms with Gasteiger partial charge in [0.1, 0.15) is 11.4 Å². The van der Waals surface area contributed by atoms with E-state index in [9.17, 15) is 14.4 Å². The van der Waals surface area contributed by atoms with E-state index in [0.29, 0.717) is 18.0 Å². The number of carbonyl (C=O) groups excluding carboxylic acids is 1. The van der Waals surface area contributed by atoms with Gasteiger partial charge in [0.15, 0.2) is 11.0 Å². The molecule has 0 radical (unpaired) electrons. The average molecular weight is 471 g/mol. The molecule has 2 heterocycles. The average Bonchev–Trinajstić information content (AvgIpc) is 3.28. The molecule has 1 aromatic heterocycles. The van der Waals surface area contributed by atoms with Gasteiger partial charge in [0.05, 0.1) is 17.9 Å². The van der Waals surface area contributed by atoms with E-state index in [0.717, 1.165) is 56.7 Å². The van der Waals surface area contributed by atoms with E-state index < -0.39 is 5.54 Å². The molecule has 2 fully saturated rings. The van der Waals surface area contributed by atoms with Gasteiger partial charge in [-0.2, -0.15) is 5.26 Å². The van der Waals surface area contributed by atoms with Gasteiger partial charge in [-0.1, -0.05) is 37.4 Å². The molecule has 1 saturated carbocycles. The van der Waals surface area contributed by atoms with Crippen LogP contribution in [-0.2, 0) is 4.79 Å². The number of hydrogen-bond acceptors (Lipinski definition) is 6. The number of thioether (sulfide) groups is 1. The third-order valence-electron chi connectivity index (χ3n) is 6.69. The maximum atomic E-state index is 13.6. The molecule has 1 aliphatic carbocycles. The van der Waals surface area contributed by atoms with Gasteiger partial charge in [-0.25, -0.2) is 4.39 Å². The quantitative estimate of drug-likeness (QED) is 0.604. The molecule has 1 amide bonds. The lowest BCUT2D eigenvalue weighted by molar-refractivity contribution is -0.120. The number of halogens is 1. The predicted octanol–water partition coefficient (Wildman–Crippen LogP) is 4.39. The molecule has 176 valence electrons. The number of piperidine rings is 1. The van der Waals surface area contributed by atoms with Crippen molar-refractivity contribution >= 4 is 17.7 Å². The van der Waals surface area contributed by atoms with Crippen molar-refractivity contribution < 1.29 is 9.18 Å². The van der Waals surface area contributed by atoms with Crippen molar-refractivity contribution in [2.24, 2.45) is 0 Å². The van der Waals surface area contributed by atoms with Crippen molar-refractivity contribution in [2.45, 2.75) is 75.0 Å². The molecule has 2 aromatic rings. The zero-order chi connectivity index (χ0) is 23.3. The Hall–Kier alpha value is -2.44. The molecular weight excluding hydrogens is 439 g/mol. The Bertz CT molecular complexity index is 989. The second kappa shape index (κ2) is 10.7. The topological polar surface area (TPSA) is 86.8 Å². The monoisotopic (exact) mass is 470 g/mol. The summed E-state index contributed by atoms with van der Waals surface area (Å²) < 4.78 is 15.5. The van der Waals surface area contributed by atoms with Crippen LogP contribution in [0.4, 0.5) is 4.39 Å². The number of aromatic nitrogens is 3. The van der Waals surface area contributed by atoms with Crippen molar-refractivity contribution in [1.82, 2.24) is 25.0 Å². The molecule has 1 atom stereocenters. The largest absolute Gasteiger partial charge is 0.337 e. The molecule has 0 spiro atoms. The van der Waals surface area contributed by atoms with E-state index in [1.54, 1.807) is 12.1 Å². The first-order valence-electron chi connectivity index (χ1n) is 11.8. The van der Waals surface area contributed by atoms with Crippen LogP contribution in [0, 0.1) is 17.1 Å². The lowest BCUT2D eigenvalue weighted by atomic mass is 9.83. The smallest absolute Gasteiger partial charge is 0.231 e. The van der Waals surface area contributed by atoms with Crippen LogP contribution >= 0.6 is 11.8 Å². The van der Waals surface area contributed by atoms with Crippen molar-refractivity contribution in [1.29, 1.82) is 5.26 Å². The van der Waals surface area contributed by atoms with Gasteiger partial charge in [-0.15, -0.1) is 10.2 Å². The fourth-order valence-electron chi connectivity index (χ4n) is 4.80. The first-order chi connectivity index (χ1) is 16.0. The van der Waals surface area contributed by atoms with E-state index in [4.69, 9.17) is 0 Å². The van der Waals surface area contributed by atoms with Gasteiger partial charge in [0.2, 0.25) is 5.91 Å². The summed E-state index contributed by atoms with van der Waals surface area (Å²) >= 11 is 1.29. The summed E-state index contributed by atoms with van der Waals surface area (Å²) in [5.74, 6) is 0.441. The molecule has 0 bridgehead atoms. The molecule has 1 unspecified atom stereocenters. The van der Waals surface area contributed by atoms with Gasteiger partial charge in [0.25, 0.3) is 0 Å². The highest BCUT2D eigenvalue weighted by atomic mass is 32.2. The standard InChI is InChI=1S/C24H31FN6OS/c1-18(30-14-6-3-7-15-30)22-28-29-23(31(22)20-10-8-19(25)9-11-20)33-16-21(32)27-24(17-26)12-4-2-5-13-24/h8-11,18H,2-7,12-16H2,1H3,(H,27,32). The minimum absolute atomic E-state index is 0.0510. The maximum absolute atomic E-state index is 13.6. The molecule has 2 aliphatic rings. The number of carbonyl (C=O) groups is 1. The zero-order valence-electron chi connectivity index (χ0n) is 19.1. The van der Waals surface area contributed by atoms with Crippen LogP contribution in [0.2, 0.25) is 0 Å². The van der Waals surface area contributed by atoms with Crippen LogP contribution in [-0.4, -0.2) is 50.0 Å². The minimum Gasteiger partial charge on any atom is -0.337 e. The Morgan fingerprint density at radius 2 is 1.82 bits per heavy atom. The van der Waals surface area contributed by atoms with Crippen LogP contribution < -0.4 is 5.32 Å². The summed E-state index contributed by atoms with van der Waals surface area (Å²) in [6.07, 6.45) is 7.98. The summed E-state index contributed by atoms with van der Waals surface area (Å²) in [7, 11) is 0. The highest BCUT2D eigenvalue weighted by Gasteiger charge is 2.33. The Morgan fingerprint density at radius 1 is 1.15 bits per heavy atom. The number of rotatable bonds is 7. The van der Waals surface area contributed by atoms with Gasteiger partial charge in [-0.05, 0) is 70.0 Å². The molecule has 1 aliphatic heterocycles. The first kappa shape index (κ1) is 23.7. The number of nitrogens with one attached hydrogen (secondary N) is 1. The first-order valence-corrected chi connectivity index (χ1v) is 12.8. The molecule has 7 nitrogen and oxygen atoms in total. The summed E-state index contributed by atoms with van der Waals surface area (Å²) in [6.45, 7) is 4.15. The zero-order valence-corrected chi connectivity index (χ0v) is 19.9. The van der Waals surface area contributed by atoms with Crippen LogP contribution in [0.15, 0.2) is 29.4 Å². The molecule has 9 heteroatoms. The SMILES string of the molecule is CC(c1nnc(SCC(=O)NC2(C#N)CCCCC2)n1-c1ccc(F)cc1)N1CCCCC1. The lowest BCUT2D eigenvalue weighted by Gasteiger charge is -2.32. The number of likely N-dealkylation sites (tertiary alicyclic amines) is 1. The Labute approximate surface area is 198 Å². The highest BCUT2D eigenvalue weighted by molar-refractivity contribution is 7.99. The predicted molar refractivity (Wildman–Crippen MR) is 125 cm³/mol. The second-order valence-corrected chi connectivity index (χ2v) is 9.96. The van der Waals surface area contributed by atoms with Crippen LogP contribution in [0.3, 0.4) is 0 Å². The van der Waals surface area contributed by atoms with Crippen molar-refractivity contribution in [3.05, 3.63) is 35.9 Å². The Balaban J connectivity index is 1.53. The third kappa shape index (κ3) is 5.56.